The van der Waals surface area contributed by atoms with Crippen LogP contribution in [0.4, 0.5) is 0 Å². The van der Waals surface area contributed by atoms with Crippen molar-refractivity contribution >= 4 is 23.9 Å². The highest BCUT2D eigenvalue weighted by molar-refractivity contribution is 5.96. The zero-order chi connectivity index (χ0) is 26.3. The smallest absolute Gasteiger partial charge is 0.258 e. The minimum Gasteiger partial charge on any atom is -0.477 e. The second kappa shape index (κ2) is 9.90. The van der Waals surface area contributed by atoms with Gasteiger partial charge in [-0.05, 0) is 75.7 Å². The van der Waals surface area contributed by atoms with Crippen LogP contribution >= 0.6 is 0 Å². The number of hydrogen-bond donors (Lipinski definition) is 3. The lowest BCUT2D eigenvalue weighted by atomic mass is 9.51. The highest BCUT2D eigenvalue weighted by Crippen LogP contribution is 2.55. The van der Waals surface area contributed by atoms with Gasteiger partial charge in [0.05, 0.1) is 18.3 Å². The van der Waals surface area contributed by atoms with Crippen LogP contribution in [0.15, 0.2) is 12.3 Å². The molecule has 4 bridgehead atoms. The van der Waals surface area contributed by atoms with Crippen LogP contribution in [0.3, 0.4) is 0 Å². The lowest BCUT2D eigenvalue weighted by molar-refractivity contribution is -0.125. The molecule has 4 aliphatic rings. The van der Waals surface area contributed by atoms with Crippen molar-refractivity contribution < 1.29 is 19.1 Å². The molecule has 2 unspecified atom stereocenters. The van der Waals surface area contributed by atoms with Crippen molar-refractivity contribution in [3.63, 3.8) is 0 Å². The topological polar surface area (TPSA) is 114 Å². The van der Waals surface area contributed by atoms with E-state index in [1.54, 1.807) is 24.0 Å². The van der Waals surface area contributed by atoms with Crippen LogP contribution in [-0.4, -0.2) is 51.2 Å². The third-order valence-electron chi connectivity index (χ3n) is 7.69. The van der Waals surface area contributed by atoms with E-state index in [1.165, 1.54) is 6.92 Å². The Morgan fingerprint density at radius 2 is 1.83 bits per heavy atom. The van der Waals surface area contributed by atoms with E-state index < -0.39 is 5.54 Å². The molecule has 5 rings (SSSR count). The molecular formula is C27H41N5O4. The van der Waals surface area contributed by atoms with Crippen LogP contribution < -0.4 is 20.7 Å². The van der Waals surface area contributed by atoms with Crippen molar-refractivity contribution in [1.82, 2.24) is 25.7 Å². The Morgan fingerprint density at radius 3 is 2.42 bits per heavy atom. The summed E-state index contributed by atoms with van der Waals surface area (Å²) in [7, 11) is 0. The van der Waals surface area contributed by atoms with Gasteiger partial charge in [0.25, 0.3) is 5.91 Å². The Labute approximate surface area is 213 Å². The van der Waals surface area contributed by atoms with Crippen molar-refractivity contribution in [2.75, 3.05) is 6.61 Å². The van der Waals surface area contributed by atoms with Gasteiger partial charge >= 0.3 is 0 Å². The standard InChI is InChI=1S/C27H41N5O4/c1-16(2)15-36-25-22(14-28-32(25)8-7-26(5,6)30-17(3)33)24(35)29-23-20-9-19-10-21(23)13-27(11-19,12-20)31-18(4)34/h7-8,14,16,19-21,23H,9-13,15H2,1-6H3,(H,29,35)(H,30,33)(H,31,34). The van der Waals surface area contributed by atoms with Gasteiger partial charge in [-0.1, -0.05) is 13.8 Å². The Bertz CT molecular complexity index is 1030. The van der Waals surface area contributed by atoms with Crippen LogP contribution in [0, 0.1) is 23.7 Å². The van der Waals surface area contributed by atoms with Gasteiger partial charge in [-0.2, -0.15) is 5.10 Å². The van der Waals surface area contributed by atoms with E-state index in [0.717, 1.165) is 32.1 Å². The molecule has 9 heteroatoms. The maximum absolute atomic E-state index is 13.5. The van der Waals surface area contributed by atoms with Crippen molar-refractivity contribution in [2.45, 2.75) is 90.8 Å². The first-order chi connectivity index (χ1) is 16.9. The largest absolute Gasteiger partial charge is 0.477 e. The van der Waals surface area contributed by atoms with Crippen LogP contribution in [0.1, 0.15) is 84.0 Å². The van der Waals surface area contributed by atoms with Gasteiger partial charge in [0.1, 0.15) is 5.56 Å². The zero-order valence-electron chi connectivity index (χ0n) is 22.4. The average molecular weight is 500 g/mol. The van der Waals surface area contributed by atoms with Crippen molar-refractivity contribution in [2.24, 2.45) is 23.7 Å². The third kappa shape index (κ3) is 5.76. The summed E-state index contributed by atoms with van der Waals surface area (Å²) < 4.78 is 7.62. The molecule has 4 aliphatic carbocycles. The van der Waals surface area contributed by atoms with Gasteiger partial charge in [0.15, 0.2) is 0 Å². The van der Waals surface area contributed by atoms with E-state index in [9.17, 15) is 14.4 Å². The number of nitrogens with zero attached hydrogens (tertiary/aromatic N) is 2. The molecule has 36 heavy (non-hydrogen) atoms. The van der Waals surface area contributed by atoms with E-state index in [-0.39, 0.29) is 35.2 Å². The quantitative estimate of drug-likeness (QED) is 0.483. The fraction of sp³-hybridized carbons (Fsp3) is 0.704. The number of aromatic nitrogens is 2. The highest BCUT2D eigenvalue weighted by atomic mass is 16.5. The van der Waals surface area contributed by atoms with Gasteiger partial charge in [-0.15, -0.1) is 0 Å². The predicted molar refractivity (Wildman–Crippen MR) is 137 cm³/mol. The predicted octanol–water partition coefficient (Wildman–Crippen LogP) is 3.12. The Hall–Kier alpha value is -2.84. The molecule has 198 valence electrons. The summed E-state index contributed by atoms with van der Waals surface area (Å²) in [5.74, 6) is 1.74. The van der Waals surface area contributed by atoms with Crippen LogP contribution in [0.5, 0.6) is 5.88 Å². The molecule has 0 aromatic carbocycles. The summed E-state index contributed by atoms with van der Waals surface area (Å²) in [5.41, 5.74) is -0.284. The first kappa shape index (κ1) is 26.2. The Morgan fingerprint density at radius 1 is 1.17 bits per heavy atom. The van der Waals surface area contributed by atoms with Gasteiger partial charge in [-0.3, -0.25) is 14.4 Å². The number of amides is 3. The van der Waals surface area contributed by atoms with Gasteiger partial charge in [0, 0.05) is 31.6 Å². The fourth-order valence-electron chi connectivity index (χ4n) is 6.77. The molecule has 0 aliphatic heterocycles. The second-order valence-corrected chi connectivity index (χ2v) is 12.2. The van der Waals surface area contributed by atoms with E-state index in [1.807, 2.05) is 19.9 Å². The number of carbonyl (C=O) groups is 3. The normalized spacial score (nSPS) is 29.0. The molecule has 9 nitrogen and oxygen atoms in total. The monoisotopic (exact) mass is 499 g/mol. The first-order valence-electron chi connectivity index (χ1n) is 13.1. The van der Waals surface area contributed by atoms with Crippen molar-refractivity contribution in [3.8, 4) is 5.88 Å². The molecule has 1 aromatic heterocycles. The molecule has 4 fully saturated rings. The highest BCUT2D eigenvalue weighted by Gasteiger charge is 2.56. The summed E-state index contributed by atoms with van der Waals surface area (Å²) in [6.45, 7) is 11.4. The molecule has 0 radical (unpaired) electrons. The maximum atomic E-state index is 13.5. The molecule has 0 saturated heterocycles. The lowest BCUT2D eigenvalue weighted by Crippen LogP contribution is -2.66. The summed E-state index contributed by atoms with van der Waals surface area (Å²) in [4.78, 5) is 36.9. The zero-order valence-corrected chi connectivity index (χ0v) is 22.4. The van der Waals surface area contributed by atoms with Crippen LogP contribution in [0.25, 0.3) is 6.20 Å². The Kier molecular flexibility index (Phi) is 7.21. The number of ether oxygens (including phenoxy) is 1. The second-order valence-electron chi connectivity index (χ2n) is 12.2. The van der Waals surface area contributed by atoms with E-state index in [0.29, 0.717) is 35.8 Å². The van der Waals surface area contributed by atoms with Gasteiger partial charge in [0.2, 0.25) is 17.7 Å². The molecule has 3 amide bonds. The molecule has 1 heterocycles. The minimum absolute atomic E-state index is 0.0339. The van der Waals surface area contributed by atoms with Gasteiger partial charge in [-0.25, -0.2) is 4.68 Å². The minimum atomic E-state index is -0.584. The third-order valence-corrected chi connectivity index (χ3v) is 7.69. The van der Waals surface area contributed by atoms with E-state index >= 15 is 0 Å². The maximum Gasteiger partial charge on any atom is 0.258 e. The van der Waals surface area contributed by atoms with E-state index in [4.69, 9.17) is 4.74 Å². The van der Waals surface area contributed by atoms with Crippen molar-refractivity contribution in [3.05, 3.63) is 17.8 Å². The molecule has 1 aromatic rings. The first-order valence-corrected chi connectivity index (χ1v) is 13.1. The molecular weight excluding hydrogens is 458 g/mol. The molecule has 4 saturated carbocycles. The molecule has 2 atom stereocenters. The molecule has 0 spiro atoms. The summed E-state index contributed by atoms with van der Waals surface area (Å²) >= 11 is 0. The van der Waals surface area contributed by atoms with Crippen LogP contribution in [0.2, 0.25) is 0 Å². The average Bonchev–Trinajstić information content (AvgIpc) is 3.14. The summed E-state index contributed by atoms with van der Waals surface area (Å²) in [6, 6.07) is 0.0893. The number of carbonyl (C=O) groups excluding carboxylic acids is 3. The van der Waals surface area contributed by atoms with Crippen LogP contribution in [-0.2, 0) is 9.59 Å². The Balaban J connectivity index is 1.52. The molecule has 3 N–H and O–H groups in total. The summed E-state index contributed by atoms with van der Waals surface area (Å²) in [6.07, 6.45) is 10.2. The number of hydrogen-bond acceptors (Lipinski definition) is 5. The van der Waals surface area contributed by atoms with Gasteiger partial charge < -0.3 is 20.7 Å². The number of nitrogens with one attached hydrogen (secondary N) is 3. The van der Waals surface area contributed by atoms with Crippen molar-refractivity contribution in [1.29, 1.82) is 0 Å². The lowest BCUT2D eigenvalue weighted by Gasteiger charge is -2.60. The number of rotatable bonds is 9. The summed E-state index contributed by atoms with van der Waals surface area (Å²) in [5, 5.41) is 13.9. The van der Waals surface area contributed by atoms with E-state index in [2.05, 4.69) is 34.9 Å². The fourth-order valence-corrected chi connectivity index (χ4v) is 6.77. The SMILES string of the molecule is CC(=O)NC(C)(C)C=Cn1ncc(C(=O)NC2C3CC4CC2CC(NC(C)=O)(C4)C3)c1OCC(C)C.